The van der Waals surface area contributed by atoms with E-state index in [0.717, 1.165) is 17.6 Å². The van der Waals surface area contributed by atoms with Crippen LogP contribution in [0.4, 0.5) is 0 Å². The summed E-state index contributed by atoms with van der Waals surface area (Å²) in [6.45, 7) is 11.3. The van der Waals surface area contributed by atoms with Crippen molar-refractivity contribution in [3.8, 4) is 0 Å². The van der Waals surface area contributed by atoms with Gasteiger partial charge < -0.3 is 0 Å². The number of benzene rings is 1. The van der Waals surface area contributed by atoms with E-state index < -0.39 is 0 Å². The van der Waals surface area contributed by atoms with Crippen molar-refractivity contribution in [1.82, 2.24) is 0 Å². The first kappa shape index (κ1) is 14.9. The summed E-state index contributed by atoms with van der Waals surface area (Å²) in [6, 6.07) is 8.17. The molecule has 0 fully saturated rings. The number of ketones is 1. The monoisotopic (exact) mass is 252 g/mol. The lowest BCUT2D eigenvalue weighted by atomic mass is 10.0. The summed E-state index contributed by atoms with van der Waals surface area (Å²) in [5.41, 5.74) is 3.74. The van der Waals surface area contributed by atoms with Crippen molar-refractivity contribution in [3.63, 3.8) is 0 Å². The highest BCUT2D eigenvalue weighted by Crippen LogP contribution is 2.11. The highest BCUT2D eigenvalue weighted by molar-refractivity contribution is 6.08. The van der Waals surface area contributed by atoms with Gasteiger partial charge in [-0.15, -0.1) is 0 Å². The Labute approximate surface area is 115 Å². The molecule has 0 aliphatic heterocycles. The molecule has 19 heavy (non-hydrogen) atoms. The Morgan fingerprint density at radius 3 is 2.26 bits per heavy atom. The van der Waals surface area contributed by atoms with Crippen LogP contribution in [0.25, 0.3) is 6.08 Å². The van der Waals surface area contributed by atoms with Crippen LogP contribution in [-0.2, 0) is 11.2 Å². The maximum absolute atomic E-state index is 12.0. The molecule has 0 heterocycles. The van der Waals surface area contributed by atoms with Crippen molar-refractivity contribution in [2.45, 2.75) is 20.3 Å². The molecule has 0 atom stereocenters. The molecule has 0 aliphatic carbocycles. The molecule has 0 radical (unpaired) electrons. The number of carbonyl (C=O) groups excluding carboxylic acids is 1. The first-order valence-electron chi connectivity index (χ1n) is 6.39. The lowest BCUT2D eigenvalue weighted by Crippen LogP contribution is -1.97. The fraction of sp³-hybridized carbons (Fsp3) is 0.167. The molecule has 0 aliphatic rings. The van der Waals surface area contributed by atoms with E-state index in [2.05, 4.69) is 32.2 Å². The van der Waals surface area contributed by atoms with Gasteiger partial charge in [-0.2, -0.15) is 0 Å². The van der Waals surface area contributed by atoms with Crippen molar-refractivity contribution in [1.29, 1.82) is 0 Å². The SMILES string of the molecule is C=C/C(C)=C(\C=C)C(=O)/C=C/c1ccc(CC)cc1. The van der Waals surface area contributed by atoms with Crippen LogP contribution in [0.3, 0.4) is 0 Å². The summed E-state index contributed by atoms with van der Waals surface area (Å²) in [5, 5.41) is 0. The van der Waals surface area contributed by atoms with Crippen LogP contribution in [0, 0.1) is 0 Å². The summed E-state index contributed by atoms with van der Waals surface area (Å²) in [4.78, 5) is 12.0. The van der Waals surface area contributed by atoms with E-state index >= 15 is 0 Å². The Morgan fingerprint density at radius 1 is 1.16 bits per heavy atom. The van der Waals surface area contributed by atoms with Crippen molar-refractivity contribution in [2.75, 3.05) is 0 Å². The van der Waals surface area contributed by atoms with E-state index in [1.807, 2.05) is 25.1 Å². The summed E-state index contributed by atoms with van der Waals surface area (Å²) < 4.78 is 0. The van der Waals surface area contributed by atoms with Gasteiger partial charge in [0, 0.05) is 5.57 Å². The Hall–Kier alpha value is -2.15. The van der Waals surface area contributed by atoms with E-state index in [0.29, 0.717) is 5.57 Å². The largest absolute Gasteiger partial charge is 0.289 e. The number of rotatable bonds is 6. The van der Waals surface area contributed by atoms with E-state index in [1.54, 1.807) is 18.2 Å². The first-order chi connectivity index (χ1) is 9.12. The van der Waals surface area contributed by atoms with Crippen LogP contribution in [0.1, 0.15) is 25.0 Å². The molecule has 0 N–H and O–H groups in total. The molecule has 98 valence electrons. The molecule has 0 amide bonds. The molecule has 0 unspecified atom stereocenters. The summed E-state index contributed by atoms with van der Waals surface area (Å²) in [6.07, 6.45) is 7.65. The minimum atomic E-state index is -0.0491. The molecule has 1 nitrogen and oxygen atoms in total. The predicted molar refractivity (Wildman–Crippen MR) is 83.0 cm³/mol. The zero-order valence-electron chi connectivity index (χ0n) is 11.6. The van der Waals surface area contributed by atoms with E-state index in [-0.39, 0.29) is 5.78 Å². The Bertz CT molecular complexity index is 527. The first-order valence-corrected chi connectivity index (χ1v) is 6.39. The van der Waals surface area contributed by atoms with Gasteiger partial charge in [-0.1, -0.05) is 62.6 Å². The Kier molecular flexibility index (Phi) is 5.74. The van der Waals surface area contributed by atoms with Gasteiger partial charge in [-0.25, -0.2) is 0 Å². The van der Waals surface area contributed by atoms with E-state index in [1.165, 1.54) is 5.56 Å². The molecular weight excluding hydrogens is 232 g/mol. The van der Waals surface area contributed by atoms with Crippen molar-refractivity contribution in [2.24, 2.45) is 0 Å². The van der Waals surface area contributed by atoms with Gasteiger partial charge in [0.1, 0.15) is 0 Å². The maximum atomic E-state index is 12.0. The molecule has 1 heteroatoms. The van der Waals surface area contributed by atoms with Crippen LogP contribution >= 0.6 is 0 Å². The van der Waals surface area contributed by atoms with Gasteiger partial charge >= 0.3 is 0 Å². The van der Waals surface area contributed by atoms with Gasteiger partial charge in [0.2, 0.25) is 0 Å². The fourth-order valence-corrected chi connectivity index (χ4v) is 1.69. The average Bonchev–Trinajstić information content (AvgIpc) is 2.46. The third-order valence-corrected chi connectivity index (χ3v) is 3.02. The van der Waals surface area contributed by atoms with E-state index in [4.69, 9.17) is 0 Å². The van der Waals surface area contributed by atoms with Gasteiger partial charge in [0.25, 0.3) is 0 Å². The highest BCUT2D eigenvalue weighted by Gasteiger charge is 2.04. The van der Waals surface area contributed by atoms with Crippen molar-refractivity contribution >= 4 is 11.9 Å². The zero-order chi connectivity index (χ0) is 14.3. The van der Waals surface area contributed by atoms with Gasteiger partial charge in [-0.05, 0) is 36.1 Å². The van der Waals surface area contributed by atoms with Crippen LogP contribution < -0.4 is 0 Å². The van der Waals surface area contributed by atoms with Crippen LogP contribution in [0.2, 0.25) is 0 Å². The topological polar surface area (TPSA) is 17.1 Å². The average molecular weight is 252 g/mol. The fourth-order valence-electron chi connectivity index (χ4n) is 1.69. The maximum Gasteiger partial charge on any atom is 0.186 e. The minimum Gasteiger partial charge on any atom is -0.289 e. The van der Waals surface area contributed by atoms with Crippen LogP contribution in [0.15, 0.2) is 66.8 Å². The lowest BCUT2D eigenvalue weighted by molar-refractivity contribution is -0.111. The third-order valence-electron chi connectivity index (χ3n) is 3.02. The lowest BCUT2D eigenvalue weighted by Gasteiger charge is -2.00. The van der Waals surface area contributed by atoms with Crippen LogP contribution in [0.5, 0.6) is 0 Å². The molecule has 0 saturated carbocycles. The summed E-state index contributed by atoms with van der Waals surface area (Å²) >= 11 is 0. The Balaban J connectivity index is 2.88. The molecule has 0 aromatic heterocycles. The van der Waals surface area contributed by atoms with Crippen molar-refractivity contribution in [3.05, 3.63) is 77.9 Å². The van der Waals surface area contributed by atoms with Gasteiger partial charge in [0.15, 0.2) is 5.78 Å². The molecule has 0 spiro atoms. The predicted octanol–water partition coefficient (Wildman–Crippen LogP) is 4.52. The number of allylic oxidation sites excluding steroid dienone is 5. The quantitative estimate of drug-likeness (QED) is 0.537. The molecule has 1 aromatic rings. The smallest absolute Gasteiger partial charge is 0.186 e. The molecule has 1 rings (SSSR count). The summed E-state index contributed by atoms with van der Waals surface area (Å²) in [7, 11) is 0. The molecule has 0 bridgehead atoms. The number of hydrogen-bond donors (Lipinski definition) is 0. The number of hydrogen-bond acceptors (Lipinski definition) is 1. The van der Waals surface area contributed by atoms with Gasteiger partial charge in [0.05, 0.1) is 0 Å². The minimum absolute atomic E-state index is 0.0491. The standard InChI is InChI=1S/C18H20O/c1-5-14(4)17(7-3)18(19)13-12-16-10-8-15(6-2)9-11-16/h5,7-13H,1,3,6H2,2,4H3/b13-12+,17-14+. The van der Waals surface area contributed by atoms with Gasteiger partial charge in [-0.3, -0.25) is 4.79 Å². The van der Waals surface area contributed by atoms with E-state index in [9.17, 15) is 4.79 Å². The second-order valence-corrected chi connectivity index (χ2v) is 4.30. The Morgan fingerprint density at radius 2 is 1.79 bits per heavy atom. The third kappa shape index (κ3) is 4.22. The second-order valence-electron chi connectivity index (χ2n) is 4.30. The zero-order valence-corrected chi connectivity index (χ0v) is 11.6. The normalized spacial score (nSPS) is 12.1. The summed E-state index contributed by atoms with van der Waals surface area (Å²) in [5.74, 6) is -0.0491. The molecule has 1 aromatic carbocycles. The molecular formula is C18H20O. The van der Waals surface area contributed by atoms with Crippen molar-refractivity contribution < 1.29 is 4.79 Å². The molecule has 0 saturated heterocycles. The number of aryl methyl sites for hydroxylation is 1. The number of carbonyl (C=O) groups is 1. The highest BCUT2D eigenvalue weighted by atomic mass is 16.1. The second kappa shape index (κ2) is 7.32. The van der Waals surface area contributed by atoms with Crippen LogP contribution in [-0.4, -0.2) is 5.78 Å².